The van der Waals surface area contributed by atoms with E-state index in [9.17, 15) is 0 Å². The Labute approximate surface area is 77.8 Å². The second kappa shape index (κ2) is 4.40. The lowest BCUT2D eigenvalue weighted by Crippen LogP contribution is -1.83. The molecular formula is C10H12N2O. The molecule has 0 bridgehead atoms. The molecule has 0 unspecified atom stereocenters. The summed E-state index contributed by atoms with van der Waals surface area (Å²) in [5.74, 6) is 1.44. The summed E-state index contributed by atoms with van der Waals surface area (Å²) < 4.78 is 5.05. The molecule has 0 aliphatic heterocycles. The van der Waals surface area contributed by atoms with E-state index in [0.29, 0.717) is 5.84 Å². The summed E-state index contributed by atoms with van der Waals surface area (Å²) in [5, 5.41) is 0. The first kappa shape index (κ1) is 9.45. The van der Waals surface area contributed by atoms with E-state index in [2.05, 4.69) is 16.7 Å². The highest BCUT2D eigenvalue weighted by atomic mass is 16.5. The largest absolute Gasteiger partial charge is 0.497 e. The molecule has 68 valence electrons. The normalized spacial score (nSPS) is 11.1. The van der Waals surface area contributed by atoms with Crippen molar-refractivity contribution < 1.29 is 4.74 Å². The summed E-state index contributed by atoms with van der Waals surface area (Å²) >= 11 is 0. The van der Waals surface area contributed by atoms with Crippen LogP contribution in [-0.2, 0) is 0 Å². The molecule has 3 nitrogen and oxygen atoms in total. The molecule has 1 aromatic carbocycles. The quantitative estimate of drug-likeness (QED) is 0.503. The third-order valence-electron chi connectivity index (χ3n) is 1.57. The average Bonchev–Trinajstić information content (AvgIpc) is 2.18. The van der Waals surface area contributed by atoms with E-state index in [4.69, 9.17) is 4.74 Å². The Balaban J connectivity index is 2.95. The van der Waals surface area contributed by atoms with E-state index in [1.54, 1.807) is 14.0 Å². The molecule has 0 radical (unpaired) electrons. The Morgan fingerprint density at radius 2 is 2.23 bits per heavy atom. The van der Waals surface area contributed by atoms with E-state index >= 15 is 0 Å². The van der Waals surface area contributed by atoms with Gasteiger partial charge in [-0.1, -0.05) is 6.07 Å². The number of rotatable bonds is 2. The Bertz CT molecular complexity index is 331. The van der Waals surface area contributed by atoms with E-state index in [-0.39, 0.29) is 0 Å². The van der Waals surface area contributed by atoms with Crippen LogP contribution in [0.3, 0.4) is 0 Å². The first-order valence-electron chi connectivity index (χ1n) is 3.92. The summed E-state index contributed by atoms with van der Waals surface area (Å²) in [6, 6.07) is 7.48. The van der Waals surface area contributed by atoms with Gasteiger partial charge in [-0.3, -0.25) is 0 Å². The zero-order valence-corrected chi connectivity index (χ0v) is 7.82. The molecule has 0 spiro atoms. The highest BCUT2D eigenvalue weighted by Crippen LogP contribution is 2.19. The van der Waals surface area contributed by atoms with Crippen LogP contribution in [0, 0.1) is 0 Å². The number of hydrogen-bond donors (Lipinski definition) is 0. The van der Waals surface area contributed by atoms with E-state index in [1.165, 1.54) is 0 Å². The monoisotopic (exact) mass is 176 g/mol. The number of nitrogens with zero attached hydrogens (tertiary/aromatic N) is 2. The van der Waals surface area contributed by atoms with Crippen LogP contribution in [0.15, 0.2) is 34.3 Å². The molecule has 0 N–H and O–H groups in total. The zero-order chi connectivity index (χ0) is 9.68. The Kier molecular flexibility index (Phi) is 3.20. The van der Waals surface area contributed by atoms with Crippen molar-refractivity contribution in [3.63, 3.8) is 0 Å². The predicted molar refractivity (Wildman–Crippen MR) is 55.3 cm³/mol. The maximum atomic E-state index is 5.05. The van der Waals surface area contributed by atoms with Crippen molar-refractivity contribution in [2.45, 2.75) is 6.92 Å². The maximum Gasteiger partial charge on any atom is 0.125 e. The van der Waals surface area contributed by atoms with Crippen LogP contribution < -0.4 is 4.74 Å². The molecule has 0 aliphatic carbocycles. The molecule has 0 heterocycles. The first-order valence-corrected chi connectivity index (χ1v) is 3.92. The van der Waals surface area contributed by atoms with Crippen LogP contribution in [0.2, 0.25) is 0 Å². The van der Waals surface area contributed by atoms with Crippen LogP contribution in [-0.4, -0.2) is 19.7 Å². The summed E-state index contributed by atoms with van der Waals surface area (Å²) in [4.78, 5) is 7.89. The van der Waals surface area contributed by atoms with Gasteiger partial charge >= 0.3 is 0 Å². The van der Waals surface area contributed by atoms with E-state index in [1.807, 2.05) is 24.3 Å². The minimum Gasteiger partial charge on any atom is -0.497 e. The van der Waals surface area contributed by atoms with Gasteiger partial charge in [0, 0.05) is 6.07 Å². The van der Waals surface area contributed by atoms with Crippen LogP contribution in [0.1, 0.15) is 6.92 Å². The molecule has 0 saturated carbocycles. The highest BCUT2D eigenvalue weighted by Gasteiger charge is 1.93. The van der Waals surface area contributed by atoms with Gasteiger partial charge in [0.1, 0.15) is 11.6 Å². The summed E-state index contributed by atoms with van der Waals surface area (Å²) in [7, 11) is 1.63. The zero-order valence-electron chi connectivity index (χ0n) is 7.82. The molecular weight excluding hydrogens is 164 g/mol. The molecule has 0 aromatic heterocycles. The van der Waals surface area contributed by atoms with Crippen molar-refractivity contribution in [2.75, 3.05) is 7.11 Å². The van der Waals surface area contributed by atoms with Gasteiger partial charge < -0.3 is 4.74 Å². The minimum absolute atomic E-state index is 0.647. The summed E-state index contributed by atoms with van der Waals surface area (Å²) in [6.45, 7) is 5.19. The van der Waals surface area contributed by atoms with E-state index in [0.717, 1.165) is 11.4 Å². The lowest BCUT2D eigenvalue weighted by molar-refractivity contribution is 0.415. The Hall–Kier alpha value is -1.64. The Morgan fingerprint density at radius 3 is 2.85 bits per heavy atom. The molecule has 0 fully saturated rings. The second-order valence-electron chi connectivity index (χ2n) is 2.52. The lowest BCUT2D eigenvalue weighted by atomic mass is 10.3. The molecule has 1 aromatic rings. The van der Waals surface area contributed by atoms with Gasteiger partial charge in [0.05, 0.1) is 12.8 Å². The van der Waals surface area contributed by atoms with Crippen molar-refractivity contribution in [3.05, 3.63) is 24.3 Å². The van der Waals surface area contributed by atoms with Gasteiger partial charge in [0.25, 0.3) is 0 Å². The van der Waals surface area contributed by atoms with Gasteiger partial charge in [0.2, 0.25) is 0 Å². The SMILES string of the molecule is C=NC(C)=Nc1cccc(OC)c1. The van der Waals surface area contributed by atoms with Gasteiger partial charge in [-0.2, -0.15) is 0 Å². The van der Waals surface area contributed by atoms with Crippen molar-refractivity contribution in [1.82, 2.24) is 0 Å². The third kappa shape index (κ3) is 2.71. The number of methoxy groups -OCH3 is 1. The lowest BCUT2D eigenvalue weighted by Gasteiger charge is -1.99. The number of hydrogen-bond acceptors (Lipinski definition) is 2. The molecule has 0 amide bonds. The second-order valence-corrected chi connectivity index (χ2v) is 2.52. The minimum atomic E-state index is 0.647. The average molecular weight is 176 g/mol. The van der Waals surface area contributed by atoms with Gasteiger partial charge in [-0.15, -0.1) is 0 Å². The van der Waals surface area contributed by atoms with Crippen molar-refractivity contribution >= 4 is 18.2 Å². The molecule has 13 heavy (non-hydrogen) atoms. The number of amidine groups is 1. The van der Waals surface area contributed by atoms with Crippen molar-refractivity contribution in [2.24, 2.45) is 9.98 Å². The molecule has 1 rings (SSSR count). The summed E-state index contributed by atoms with van der Waals surface area (Å²) in [6.07, 6.45) is 0. The maximum absolute atomic E-state index is 5.05. The Morgan fingerprint density at radius 1 is 1.46 bits per heavy atom. The predicted octanol–water partition coefficient (Wildman–Crippen LogP) is 2.45. The fourth-order valence-corrected chi connectivity index (χ4v) is 0.902. The first-order chi connectivity index (χ1) is 6.26. The molecule has 3 heteroatoms. The fourth-order valence-electron chi connectivity index (χ4n) is 0.902. The standard InChI is InChI=1S/C10H12N2O/c1-8(11-2)12-9-5-4-6-10(7-9)13-3/h4-7H,2H2,1,3H3. The number of benzene rings is 1. The highest BCUT2D eigenvalue weighted by molar-refractivity contribution is 5.86. The van der Waals surface area contributed by atoms with Gasteiger partial charge in [-0.25, -0.2) is 9.98 Å². The third-order valence-corrected chi connectivity index (χ3v) is 1.57. The topological polar surface area (TPSA) is 34.0 Å². The molecule has 0 atom stereocenters. The van der Waals surface area contributed by atoms with Gasteiger partial charge in [-0.05, 0) is 25.8 Å². The fraction of sp³-hybridized carbons (Fsp3) is 0.200. The van der Waals surface area contributed by atoms with Crippen LogP contribution in [0.4, 0.5) is 5.69 Å². The van der Waals surface area contributed by atoms with Crippen LogP contribution in [0.25, 0.3) is 0 Å². The van der Waals surface area contributed by atoms with Crippen molar-refractivity contribution in [3.8, 4) is 5.75 Å². The number of ether oxygens (including phenoxy) is 1. The van der Waals surface area contributed by atoms with Gasteiger partial charge in [0.15, 0.2) is 0 Å². The van der Waals surface area contributed by atoms with Crippen LogP contribution >= 0.6 is 0 Å². The number of aliphatic imine (C=N–C) groups is 2. The molecule has 0 aliphatic rings. The van der Waals surface area contributed by atoms with E-state index < -0.39 is 0 Å². The van der Waals surface area contributed by atoms with Crippen molar-refractivity contribution in [1.29, 1.82) is 0 Å². The molecule has 0 saturated heterocycles. The smallest absolute Gasteiger partial charge is 0.125 e. The van der Waals surface area contributed by atoms with Crippen LogP contribution in [0.5, 0.6) is 5.75 Å². The summed E-state index contributed by atoms with van der Waals surface area (Å²) in [5.41, 5.74) is 0.823.